The Kier molecular flexibility index (Phi) is 4.27. The van der Waals surface area contributed by atoms with Gasteiger partial charge in [0.25, 0.3) is 11.6 Å². The van der Waals surface area contributed by atoms with E-state index in [0.29, 0.717) is 0 Å². The lowest BCUT2D eigenvalue weighted by molar-refractivity contribution is -0.384. The first-order valence-corrected chi connectivity index (χ1v) is 4.97. The number of carbonyl (C=O) groups is 2. The van der Waals surface area contributed by atoms with Crippen LogP contribution >= 0.6 is 12.2 Å². The maximum Gasteiger partial charge on any atom is 0.318 e. The highest BCUT2D eigenvalue weighted by Gasteiger charge is 2.12. The average molecular weight is 268 g/mol. The Bertz CT molecular complexity index is 531. The number of benzene rings is 1. The molecule has 94 valence electrons. The number of primary amides is 1. The predicted octanol–water partition coefficient (Wildman–Crippen LogP) is 0.278. The van der Waals surface area contributed by atoms with Crippen LogP contribution in [0.1, 0.15) is 10.4 Å². The zero-order valence-corrected chi connectivity index (χ0v) is 9.69. The minimum Gasteiger partial charge on any atom is -0.351 e. The van der Waals surface area contributed by atoms with Crippen LogP contribution in [0.5, 0.6) is 0 Å². The fraction of sp³-hybridized carbons (Fsp3) is 0. The van der Waals surface area contributed by atoms with Gasteiger partial charge in [0.1, 0.15) is 0 Å². The summed E-state index contributed by atoms with van der Waals surface area (Å²) in [5.41, 5.74) is 4.61. The van der Waals surface area contributed by atoms with E-state index in [1.54, 1.807) is 0 Å². The third kappa shape index (κ3) is 3.79. The van der Waals surface area contributed by atoms with Gasteiger partial charge in [0.05, 0.1) is 4.92 Å². The first-order valence-electron chi connectivity index (χ1n) is 4.56. The van der Waals surface area contributed by atoms with Crippen molar-refractivity contribution >= 4 is 35.0 Å². The van der Waals surface area contributed by atoms with Crippen molar-refractivity contribution in [3.05, 3.63) is 39.9 Å². The number of hydrogen-bond donors (Lipinski definition) is 3. The number of nitrogens with zero attached hydrogens (tertiary/aromatic N) is 1. The fourth-order valence-electron chi connectivity index (χ4n) is 1.08. The first-order chi connectivity index (χ1) is 8.40. The van der Waals surface area contributed by atoms with Gasteiger partial charge in [0, 0.05) is 17.7 Å². The molecule has 0 bridgehead atoms. The zero-order chi connectivity index (χ0) is 13.7. The highest BCUT2D eigenvalue weighted by Crippen LogP contribution is 2.12. The van der Waals surface area contributed by atoms with Gasteiger partial charge in [-0.1, -0.05) is 6.07 Å². The van der Waals surface area contributed by atoms with Crippen molar-refractivity contribution in [2.24, 2.45) is 5.73 Å². The smallest absolute Gasteiger partial charge is 0.318 e. The summed E-state index contributed by atoms with van der Waals surface area (Å²) in [6, 6.07) is 4.14. The fourth-order valence-corrected chi connectivity index (χ4v) is 1.27. The van der Waals surface area contributed by atoms with E-state index in [2.05, 4.69) is 17.5 Å². The van der Waals surface area contributed by atoms with E-state index in [0.717, 1.165) is 6.07 Å². The van der Waals surface area contributed by atoms with Gasteiger partial charge in [-0.05, 0) is 18.3 Å². The summed E-state index contributed by atoms with van der Waals surface area (Å²) >= 11 is 4.61. The summed E-state index contributed by atoms with van der Waals surface area (Å²) in [4.78, 5) is 31.9. The first kappa shape index (κ1) is 13.5. The Morgan fingerprint density at radius 1 is 1.33 bits per heavy atom. The molecule has 8 nitrogen and oxygen atoms in total. The molecule has 1 aromatic carbocycles. The molecule has 0 atom stereocenters. The Hall–Kier alpha value is -2.55. The molecule has 0 aliphatic rings. The van der Waals surface area contributed by atoms with Crippen LogP contribution in [0.25, 0.3) is 0 Å². The van der Waals surface area contributed by atoms with Gasteiger partial charge in [-0.25, -0.2) is 4.79 Å². The van der Waals surface area contributed by atoms with E-state index >= 15 is 0 Å². The average Bonchev–Trinajstić information content (AvgIpc) is 2.27. The number of non-ortho nitro benzene ring substituents is 1. The predicted molar refractivity (Wildman–Crippen MR) is 65.9 cm³/mol. The standard InChI is InChI=1S/C9H8N4O4S/c10-8(15)12-9(18)11-7(14)5-2-1-3-6(4-5)13(16)17/h1-4H,(H4,10,11,12,14,15,18). The van der Waals surface area contributed by atoms with Crippen LogP contribution in [0.15, 0.2) is 24.3 Å². The number of nitro benzene ring substituents is 1. The number of rotatable bonds is 2. The van der Waals surface area contributed by atoms with Gasteiger partial charge in [-0.2, -0.15) is 0 Å². The molecular formula is C9H8N4O4S. The number of hydrogen-bond acceptors (Lipinski definition) is 5. The molecule has 1 rings (SSSR count). The molecule has 0 heterocycles. The van der Waals surface area contributed by atoms with Gasteiger partial charge >= 0.3 is 6.03 Å². The second-order valence-corrected chi connectivity index (χ2v) is 3.49. The lowest BCUT2D eigenvalue weighted by atomic mass is 10.2. The second kappa shape index (κ2) is 5.68. The number of carbonyl (C=O) groups excluding carboxylic acids is 2. The summed E-state index contributed by atoms with van der Waals surface area (Å²) in [7, 11) is 0. The molecule has 0 saturated heterocycles. The van der Waals surface area contributed by atoms with Crippen molar-refractivity contribution in [1.29, 1.82) is 0 Å². The Labute approximate surface area is 106 Å². The topological polar surface area (TPSA) is 127 Å². The minimum absolute atomic E-state index is 0.0396. The molecule has 0 spiro atoms. The maximum absolute atomic E-state index is 11.6. The highest BCUT2D eigenvalue weighted by atomic mass is 32.1. The summed E-state index contributed by atoms with van der Waals surface area (Å²) in [6.07, 6.45) is 0. The molecule has 0 radical (unpaired) electrons. The molecule has 9 heteroatoms. The van der Waals surface area contributed by atoms with Gasteiger partial charge < -0.3 is 5.73 Å². The van der Waals surface area contributed by atoms with E-state index < -0.39 is 16.9 Å². The molecule has 0 aromatic heterocycles. The molecule has 0 unspecified atom stereocenters. The Balaban J connectivity index is 2.78. The van der Waals surface area contributed by atoms with Crippen LogP contribution < -0.4 is 16.4 Å². The normalized spacial score (nSPS) is 9.33. The summed E-state index contributed by atoms with van der Waals surface area (Å²) < 4.78 is 0. The molecule has 18 heavy (non-hydrogen) atoms. The third-order valence-electron chi connectivity index (χ3n) is 1.78. The maximum atomic E-state index is 11.6. The van der Waals surface area contributed by atoms with Crippen LogP contribution in [0.4, 0.5) is 10.5 Å². The van der Waals surface area contributed by atoms with Crippen LogP contribution in [-0.4, -0.2) is 22.0 Å². The van der Waals surface area contributed by atoms with Crippen LogP contribution in [-0.2, 0) is 0 Å². The molecular weight excluding hydrogens is 260 g/mol. The molecule has 3 amide bonds. The SMILES string of the molecule is NC(=O)NC(=S)NC(=O)c1cccc([N+](=O)[O-])c1. The monoisotopic (exact) mass is 268 g/mol. The number of nitrogens with two attached hydrogens (primary N) is 1. The third-order valence-corrected chi connectivity index (χ3v) is 1.99. The van der Waals surface area contributed by atoms with Crippen molar-refractivity contribution in [3.63, 3.8) is 0 Å². The molecule has 0 aliphatic carbocycles. The largest absolute Gasteiger partial charge is 0.351 e. The number of amides is 3. The molecule has 4 N–H and O–H groups in total. The molecule has 0 saturated carbocycles. The molecule has 1 aromatic rings. The summed E-state index contributed by atoms with van der Waals surface area (Å²) in [5.74, 6) is -0.683. The number of thiocarbonyl (C=S) groups is 1. The van der Waals surface area contributed by atoms with E-state index in [1.165, 1.54) is 18.2 Å². The minimum atomic E-state index is -0.917. The molecule has 0 aliphatic heterocycles. The van der Waals surface area contributed by atoms with Crippen molar-refractivity contribution in [2.45, 2.75) is 0 Å². The Morgan fingerprint density at radius 2 is 2.00 bits per heavy atom. The molecule has 0 fully saturated rings. The van der Waals surface area contributed by atoms with Crippen LogP contribution in [0, 0.1) is 10.1 Å². The zero-order valence-electron chi connectivity index (χ0n) is 8.88. The lowest BCUT2D eigenvalue weighted by Crippen LogP contribution is -2.44. The quantitative estimate of drug-likeness (QED) is 0.403. The van der Waals surface area contributed by atoms with Crippen LogP contribution in [0.2, 0.25) is 0 Å². The van der Waals surface area contributed by atoms with Gasteiger partial charge in [-0.15, -0.1) is 0 Å². The van der Waals surface area contributed by atoms with Crippen LogP contribution in [0.3, 0.4) is 0 Å². The van der Waals surface area contributed by atoms with E-state index in [1.807, 2.05) is 5.32 Å². The van der Waals surface area contributed by atoms with Gasteiger partial charge in [0.2, 0.25) is 0 Å². The van der Waals surface area contributed by atoms with E-state index in [4.69, 9.17) is 5.73 Å². The number of nitro groups is 1. The summed E-state index contributed by atoms with van der Waals surface area (Å²) in [5, 5.41) is 14.4. The van der Waals surface area contributed by atoms with Crippen molar-refractivity contribution in [1.82, 2.24) is 10.6 Å². The van der Waals surface area contributed by atoms with Crippen molar-refractivity contribution in [3.8, 4) is 0 Å². The van der Waals surface area contributed by atoms with Gasteiger partial charge in [-0.3, -0.25) is 25.5 Å². The number of urea groups is 1. The van der Waals surface area contributed by atoms with Gasteiger partial charge in [0.15, 0.2) is 5.11 Å². The second-order valence-electron chi connectivity index (χ2n) is 3.08. The Morgan fingerprint density at radius 3 is 2.56 bits per heavy atom. The van der Waals surface area contributed by atoms with Crippen molar-refractivity contribution in [2.75, 3.05) is 0 Å². The van der Waals surface area contributed by atoms with E-state index in [-0.39, 0.29) is 16.4 Å². The van der Waals surface area contributed by atoms with Crippen molar-refractivity contribution < 1.29 is 14.5 Å². The highest BCUT2D eigenvalue weighted by molar-refractivity contribution is 7.80. The number of nitrogens with one attached hydrogen (secondary N) is 2. The summed E-state index contributed by atoms with van der Waals surface area (Å²) in [6.45, 7) is 0. The lowest BCUT2D eigenvalue weighted by Gasteiger charge is -2.06. The van der Waals surface area contributed by atoms with E-state index in [9.17, 15) is 19.7 Å².